The van der Waals surface area contributed by atoms with Crippen LogP contribution in [0, 0.1) is 0 Å². The van der Waals surface area contributed by atoms with Crippen molar-refractivity contribution in [2.24, 2.45) is 0 Å². The van der Waals surface area contributed by atoms with Gasteiger partial charge in [0.15, 0.2) is 0 Å². The van der Waals surface area contributed by atoms with Crippen molar-refractivity contribution in [3.05, 3.63) is 48.5 Å². The molecule has 2 fully saturated rings. The lowest BCUT2D eigenvalue weighted by atomic mass is 9.81. The first-order valence-corrected chi connectivity index (χ1v) is 9.65. The predicted molar refractivity (Wildman–Crippen MR) is 98.7 cm³/mol. The van der Waals surface area contributed by atoms with Gasteiger partial charge in [0.25, 0.3) is 0 Å². The van der Waals surface area contributed by atoms with Crippen molar-refractivity contribution >= 4 is 5.91 Å². The van der Waals surface area contributed by atoms with Crippen LogP contribution < -0.4 is 0 Å². The number of hydrogen-bond acceptors (Lipinski definition) is 5. The SMILES string of the molecule is O=C(CCn1cnnc1)N1CCC2(CC1)C[C@H](O)C[C@H](c1ccccc1)O2. The lowest BCUT2D eigenvalue weighted by Gasteiger charge is -2.48. The maximum absolute atomic E-state index is 12.5. The largest absolute Gasteiger partial charge is 0.393 e. The molecular weight excluding hydrogens is 344 g/mol. The number of likely N-dealkylation sites (tertiary alicyclic amines) is 1. The summed E-state index contributed by atoms with van der Waals surface area (Å²) in [7, 11) is 0. The minimum atomic E-state index is -0.361. The van der Waals surface area contributed by atoms with Crippen molar-refractivity contribution < 1.29 is 14.6 Å². The van der Waals surface area contributed by atoms with Crippen LogP contribution >= 0.6 is 0 Å². The number of aryl methyl sites for hydroxylation is 1. The lowest BCUT2D eigenvalue weighted by molar-refractivity contribution is -0.185. The summed E-state index contributed by atoms with van der Waals surface area (Å²) in [5, 5.41) is 18.0. The van der Waals surface area contributed by atoms with Crippen molar-refractivity contribution in [2.75, 3.05) is 13.1 Å². The van der Waals surface area contributed by atoms with Crippen molar-refractivity contribution in [3.8, 4) is 0 Å². The number of rotatable bonds is 4. The van der Waals surface area contributed by atoms with Gasteiger partial charge in [-0.1, -0.05) is 30.3 Å². The summed E-state index contributed by atoms with van der Waals surface area (Å²) < 4.78 is 8.31. The first-order chi connectivity index (χ1) is 13.1. The van der Waals surface area contributed by atoms with E-state index >= 15 is 0 Å². The van der Waals surface area contributed by atoms with Crippen LogP contribution in [-0.4, -0.2) is 55.5 Å². The standard InChI is InChI=1S/C20H26N4O3/c25-17-12-18(16-4-2-1-3-5-16)27-20(13-17)7-10-24(11-8-20)19(26)6-9-23-14-21-22-15-23/h1-5,14-15,17-18,25H,6-13H2/t17-,18-/m1/s1. The summed E-state index contributed by atoms with van der Waals surface area (Å²) in [6.07, 6.45) is 6.08. The molecule has 7 nitrogen and oxygen atoms in total. The molecular formula is C20H26N4O3. The van der Waals surface area contributed by atoms with Gasteiger partial charge in [0, 0.05) is 38.9 Å². The molecule has 0 bridgehead atoms. The van der Waals surface area contributed by atoms with Crippen LogP contribution in [0.1, 0.15) is 43.8 Å². The number of aromatic nitrogens is 3. The smallest absolute Gasteiger partial charge is 0.224 e. The highest BCUT2D eigenvalue weighted by molar-refractivity contribution is 5.76. The zero-order valence-corrected chi connectivity index (χ0v) is 15.4. The summed E-state index contributed by atoms with van der Waals surface area (Å²) in [5.41, 5.74) is 0.784. The van der Waals surface area contributed by atoms with Crippen LogP contribution in [0.2, 0.25) is 0 Å². The molecule has 0 aliphatic carbocycles. The van der Waals surface area contributed by atoms with Crippen molar-refractivity contribution in [1.29, 1.82) is 0 Å². The maximum atomic E-state index is 12.5. The number of aliphatic hydroxyl groups excluding tert-OH is 1. The van der Waals surface area contributed by atoms with E-state index in [1.165, 1.54) is 0 Å². The van der Waals surface area contributed by atoms with Gasteiger partial charge < -0.3 is 19.3 Å². The number of ether oxygens (including phenoxy) is 1. The Hall–Kier alpha value is -2.25. The zero-order chi connectivity index (χ0) is 18.7. The normalized spacial score (nSPS) is 24.9. The van der Waals surface area contributed by atoms with Gasteiger partial charge >= 0.3 is 0 Å². The molecule has 7 heteroatoms. The monoisotopic (exact) mass is 370 g/mol. The fourth-order valence-corrected chi connectivity index (χ4v) is 4.24. The quantitative estimate of drug-likeness (QED) is 0.890. The van der Waals surface area contributed by atoms with Crippen molar-refractivity contribution in [3.63, 3.8) is 0 Å². The molecule has 2 aliphatic heterocycles. The Morgan fingerprint density at radius 2 is 1.89 bits per heavy atom. The summed E-state index contributed by atoms with van der Waals surface area (Å²) >= 11 is 0. The van der Waals surface area contributed by atoms with Gasteiger partial charge in [-0.15, -0.1) is 10.2 Å². The lowest BCUT2D eigenvalue weighted by Crippen LogP contribution is -2.52. The average molecular weight is 370 g/mol. The highest BCUT2D eigenvalue weighted by Gasteiger charge is 2.44. The first kappa shape index (κ1) is 18.1. The maximum Gasteiger partial charge on any atom is 0.224 e. The Labute approximate surface area is 159 Å². The van der Waals surface area contributed by atoms with E-state index in [1.807, 2.05) is 27.7 Å². The molecule has 0 unspecified atom stereocenters. The van der Waals surface area contributed by atoms with Gasteiger partial charge in [0.05, 0.1) is 17.8 Å². The summed E-state index contributed by atoms with van der Waals surface area (Å²) in [4.78, 5) is 14.4. The number of hydrogen-bond donors (Lipinski definition) is 1. The van der Waals surface area contributed by atoms with Gasteiger partial charge in [-0.25, -0.2) is 0 Å². The molecule has 0 radical (unpaired) electrons. The van der Waals surface area contributed by atoms with E-state index < -0.39 is 0 Å². The molecule has 1 aromatic heterocycles. The van der Waals surface area contributed by atoms with E-state index in [0.29, 0.717) is 38.9 Å². The summed E-state index contributed by atoms with van der Waals surface area (Å²) in [6, 6.07) is 10.1. The number of piperidine rings is 1. The van der Waals surface area contributed by atoms with E-state index in [-0.39, 0.29) is 23.7 Å². The molecule has 0 saturated carbocycles. The first-order valence-electron chi connectivity index (χ1n) is 9.65. The third-order valence-corrected chi connectivity index (χ3v) is 5.74. The second-order valence-electron chi connectivity index (χ2n) is 7.62. The minimum Gasteiger partial charge on any atom is -0.393 e. The number of carbonyl (C=O) groups excluding carboxylic acids is 1. The molecule has 1 spiro atoms. The third-order valence-electron chi connectivity index (χ3n) is 5.74. The molecule has 2 atom stereocenters. The van der Waals surface area contributed by atoms with Gasteiger partial charge in [0.2, 0.25) is 5.91 Å². The fourth-order valence-electron chi connectivity index (χ4n) is 4.24. The van der Waals surface area contributed by atoms with Crippen molar-refractivity contribution in [2.45, 2.75) is 56.5 Å². The van der Waals surface area contributed by atoms with Crippen LogP contribution in [0.3, 0.4) is 0 Å². The molecule has 3 heterocycles. The number of carbonyl (C=O) groups is 1. The number of benzene rings is 1. The van der Waals surface area contributed by atoms with E-state index in [9.17, 15) is 9.90 Å². The minimum absolute atomic E-state index is 0.0778. The molecule has 1 N–H and O–H groups in total. The fraction of sp³-hybridized carbons (Fsp3) is 0.550. The highest BCUT2D eigenvalue weighted by Crippen LogP contribution is 2.42. The second kappa shape index (κ2) is 7.78. The molecule has 1 aromatic carbocycles. The van der Waals surface area contributed by atoms with Gasteiger partial charge in [0.1, 0.15) is 12.7 Å². The molecule has 27 heavy (non-hydrogen) atoms. The zero-order valence-electron chi connectivity index (χ0n) is 15.4. The molecule has 2 saturated heterocycles. The Balaban J connectivity index is 1.35. The van der Waals surface area contributed by atoms with Crippen LogP contribution in [0.4, 0.5) is 0 Å². The Morgan fingerprint density at radius 3 is 2.59 bits per heavy atom. The van der Waals surface area contributed by atoms with E-state index in [0.717, 1.165) is 18.4 Å². The molecule has 2 aromatic rings. The van der Waals surface area contributed by atoms with Crippen LogP contribution in [-0.2, 0) is 16.1 Å². The van der Waals surface area contributed by atoms with Gasteiger partial charge in [-0.05, 0) is 18.4 Å². The topological polar surface area (TPSA) is 80.5 Å². The van der Waals surface area contributed by atoms with E-state index in [4.69, 9.17) is 4.74 Å². The summed E-state index contributed by atoms with van der Waals surface area (Å²) in [5.74, 6) is 0.148. The molecule has 1 amide bonds. The van der Waals surface area contributed by atoms with Crippen LogP contribution in [0.5, 0.6) is 0 Å². The molecule has 144 valence electrons. The van der Waals surface area contributed by atoms with Crippen LogP contribution in [0.25, 0.3) is 0 Å². The van der Waals surface area contributed by atoms with Gasteiger partial charge in [-0.3, -0.25) is 4.79 Å². The molecule has 2 aliphatic rings. The third kappa shape index (κ3) is 4.20. The number of nitrogens with zero attached hydrogens (tertiary/aromatic N) is 4. The van der Waals surface area contributed by atoms with E-state index in [2.05, 4.69) is 22.3 Å². The highest BCUT2D eigenvalue weighted by atomic mass is 16.5. The predicted octanol–water partition coefficient (Wildman–Crippen LogP) is 1.94. The molecule has 4 rings (SSSR count). The number of aliphatic hydroxyl groups is 1. The average Bonchev–Trinajstić information content (AvgIpc) is 3.20. The Morgan fingerprint density at radius 1 is 1.19 bits per heavy atom. The Kier molecular flexibility index (Phi) is 5.22. The van der Waals surface area contributed by atoms with Crippen molar-refractivity contribution in [1.82, 2.24) is 19.7 Å². The second-order valence-corrected chi connectivity index (χ2v) is 7.62. The number of amides is 1. The van der Waals surface area contributed by atoms with Crippen LogP contribution in [0.15, 0.2) is 43.0 Å². The Bertz CT molecular complexity index is 742. The summed E-state index contributed by atoms with van der Waals surface area (Å²) in [6.45, 7) is 1.95. The van der Waals surface area contributed by atoms with Gasteiger partial charge in [-0.2, -0.15) is 0 Å². The van der Waals surface area contributed by atoms with E-state index in [1.54, 1.807) is 12.7 Å².